The van der Waals surface area contributed by atoms with Gasteiger partial charge >= 0.3 is 0 Å². The molecule has 0 aliphatic heterocycles. The highest BCUT2D eigenvalue weighted by Gasteiger charge is 2.07. The first-order valence-corrected chi connectivity index (χ1v) is 4.55. The summed E-state index contributed by atoms with van der Waals surface area (Å²) in [5, 5.41) is 9.04. The molecule has 0 fully saturated rings. The van der Waals surface area contributed by atoms with Gasteiger partial charge in [0.1, 0.15) is 11.5 Å². The molecule has 1 aromatic carbocycles. The van der Waals surface area contributed by atoms with E-state index in [1.165, 1.54) is 0 Å². The molecule has 0 aliphatic rings. The fourth-order valence-electron chi connectivity index (χ4n) is 0.875. The zero-order valence-corrected chi connectivity index (χ0v) is 8.32. The Kier molecular flexibility index (Phi) is 3.18. The number of rotatable bonds is 3. The molecule has 0 amide bonds. The molecule has 72 valence electrons. The molecule has 1 N–H and O–H groups in total. The molecule has 0 saturated heterocycles. The van der Waals surface area contributed by atoms with Crippen LogP contribution in [0.5, 0.6) is 11.5 Å². The molecule has 0 heterocycles. The van der Waals surface area contributed by atoms with Crippen LogP contribution in [0.2, 0.25) is 0 Å². The monoisotopic (exact) mass is 180 g/mol. The highest BCUT2D eigenvalue weighted by Crippen LogP contribution is 2.18. The van der Waals surface area contributed by atoms with Gasteiger partial charge in [0, 0.05) is 0 Å². The van der Waals surface area contributed by atoms with Crippen molar-refractivity contribution in [3.8, 4) is 11.5 Å². The second-order valence-electron chi connectivity index (χ2n) is 3.56. The van der Waals surface area contributed by atoms with Gasteiger partial charge in [-0.25, -0.2) is 0 Å². The van der Waals surface area contributed by atoms with E-state index in [4.69, 9.17) is 9.84 Å². The molecule has 1 unspecified atom stereocenters. The van der Waals surface area contributed by atoms with Crippen LogP contribution in [0.25, 0.3) is 0 Å². The van der Waals surface area contributed by atoms with Gasteiger partial charge in [-0.3, -0.25) is 0 Å². The van der Waals surface area contributed by atoms with Crippen LogP contribution in [0.15, 0.2) is 24.3 Å². The van der Waals surface area contributed by atoms with Crippen molar-refractivity contribution in [3.05, 3.63) is 24.3 Å². The van der Waals surface area contributed by atoms with Crippen molar-refractivity contribution >= 4 is 0 Å². The van der Waals surface area contributed by atoms with Crippen LogP contribution in [0.3, 0.4) is 0 Å². The molecule has 13 heavy (non-hydrogen) atoms. The summed E-state index contributed by atoms with van der Waals surface area (Å²) < 4.78 is 5.62. The maximum Gasteiger partial charge on any atom is 0.119 e. The topological polar surface area (TPSA) is 29.5 Å². The predicted molar refractivity (Wildman–Crippen MR) is 53.0 cm³/mol. The average molecular weight is 180 g/mol. The van der Waals surface area contributed by atoms with Gasteiger partial charge in [-0.15, -0.1) is 0 Å². The minimum Gasteiger partial charge on any atom is -0.508 e. The van der Waals surface area contributed by atoms with E-state index in [0.717, 1.165) is 5.75 Å². The molecule has 2 nitrogen and oxygen atoms in total. The SMILES string of the molecule is CC(C)C(C)Oc1ccc(O)cc1. The zero-order chi connectivity index (χ0) is 9.84. The van der Waals surface area contributed by atoms with Crippen LogP contribution in [0.4, 0.5) is 0 Å². The van der Waals surface area contributed by atoms with Crippen LogP contribution in [0, 0.1) is 5.92 Å². The summed E-state index contributed by atoms with van der Waals surface area (Å²) in [6.45, 7) is 6.27. The summed E-state index contributed by atoms with van der Waals surface area (Å²) in [4.78, 5) is 0. The molecule has 1 atom stereocenters. The third kappa shape index (κ3) is 2.98. The number of benzene rings is 1. The van der Waals surface area contributed by atoms with E-state index in [1.54, 1.807) is 24.3 Å². The Morgan fingerprint density at radius 2 is 1.62 bits per heavy atom. The van der Waals surface area contributed by atoms with Crippen LogP contribution >= 0.6 is 0 Å². The van der Waals surface area contributed by atoms with Gasteiger partial charge in [0.25, 0.3) is 0 Å². The fraction of sp³-hybridized carbons (Fsp3) is 0.455. The second kappa shape index (κ2) is 4.17. The standard InChI is InChI=1S/C11H16O2/c1-8(2)9(3)13-11-6-4-10(12)5-7-11/h4-9,12H,1-3H3. The molecular weight excluding hydrogens is 164 g/mol. The van der Waals surface area contributed by atoms with E-state index in [1.807, 2.05) is 6.92 Å². The van der Waals surface area contributed by atoms with Gasteiger partial charge in [-0.05, 0) is 37.1 Å². The van der Waals surface area contributed by atoms with Gasteiger partial charge < -0.3 is 9.84 Å². The Balaban J connectivity index is 2.59. The predicted octanol–water partition coefficient (Wildman–Crippen LogP) is 2.82. The Morgan fingerprint density at radius 1 is 1.08 bits per heavy atom. The van der Waals surface area contributed by atoms with Crippen molar-refractivity contribution in [2.75, 3.05) is 0 Å². The number of aromatic hydroxyl groups is 1. The van der Waals surface area contributed by atoms with E-state index in [-0.39, 0.29) is 11.9 Å². The van der Waals surface area contributed by atoms with E-state index in [0.29, 0.717) is 5.92 Å². The zero-order valence-electron chi connectivity index (χ0n) is 8.32. The van der Waals surface area contributed by atoms with Gasteiger partial charge in [-0.1, -0.05) is 13.8 Å². The maximum absolute atomic E-state index is 9.04. The Labute approximate surface area is 79.2 Å². The highest BCUT2D eigenvalue weighted by atomic mass is 16.5. The first-order chi connectivity index (χ1) is 6.09. The molecular formula is C11H16O2. The smallest absolute Gasteiger partial charge is 0.119 e. The van der Waals surface area contributed by atoms with Crippen LogP contribution in [-0.2, 0) is 0 Å². The lowest BCUT2D eigenvalue weighted by molar-refractivity contribution is 0.170. The van der Waals surface area contributed by atoms with Crippen LogP contribution < -0.4 is 4.74 Å². The summed E-state index contributed by atoms with van der Waals surface area (Å²) in [6, 6.07) is 6.80. The Bertz CT molecular complexity index is 251. The van der Waals surface area contributed by atoms with Gasteiger partial charge in [0.15, 0.2) is 0 Å². The van der Waals surface area contributed by atoms with Crippen molar-refractivity contribution in [1.82, 2.24) is 0 Å². The summed E-state index contributed by atoms with van der Waals surface area (Å²) in [6.07, 6.45) is 0.199. The second-order valence-corrected chi connectivity index (χ2v) is 3.56. The van der Waals surface area contributed by atoms with E-state index >= 15 is 0 Å². The molecule has 0 radical (unpaired) electrons. The fourth-order valence-corrected chi connectivity index (χ4v) is 0.875. The first-order valence-electron chi connectivity index (χ1n) is 4.55. The minimum absolute atomic E-state index is 0.199. The van der Waals surface area contributed by atoms with Gasteiger partial charge in [0.2, 0.25) is 0 Å². The normalized spacial score (nSPS) is 12.9. The van der Waals surface area contributed by atoms with E-state index in [9.17, 15) is 0 Å². The first kappa shape index (κ1) is 9.90. The van der Waals surface area contributed by atoms with E-state index < -0.39 is 0 Å². The third-order valence-electron chi connectivity index (χ3n) is 2.10. The van der Waals surface area contributed by atoms with Crippen LogP contribution in [-0.4, -0.2) is 11.2 Å². The van der Waals surface area contributed by atoms with Gasteiger partial charge in [0.05, 0.1) is 6.10 Å². The molecule has 1 rings (SSSR count). The molecule has 2 heteroatoms. The van der Waals surface area contributed by atoms with Crippen LogP contribution in [0.1, 0.15) is 20.8 Å². The Hall–Kier alpha value is -1.18. The quantitative estimate of drug-likeness (QED) is 0.775. The lowest BCUT2D eigenvalue weighted by atomic mass is 10.1. The largest absolute Gasteiger partial charge is 0.508 e. The molecule has 0 aliphatic carbocycles. The number of hydrogen-bond donors (Lipinski definition) is 1. The van der Waals surface area contributed by atoms with E-state index in [2.05, 4.69) is 13.8 Å². The summed E-state index contributed by atoms with van der Waals surface area (Å²) in [5.41, 5.74) is 0. The van der Waals surface area contributed by atoms with Crippen molar-refractivity contribution in [3.63, 3.8) is 0 Å². The molecule has 0 bridgehead atoms. The number of hydrogen-bond acceptors (Lipinski definition) is 2. The van der Waals surface area contributed by atoms with Crippen molar-refractivity contribution in [1.29, 1.82) is 0 Å². The number of ether oxygens (including phenoxy) is 1. The third-order valence-corrected chi connectivity index (χ3v) is 2.10. The molecule has 0 spiro atoms. The lowest BCUT2D eigenvalue weighted by Gasteiger charge is -2.17. The molecule has 1 aromatic rings. The summed E-state index contributed by atoms with van der Waals surface area (Å²) in [7, 11) is 0. The van der Waals surface area contributed by atoms with Crippen molar-refractivity contribution < 1.29 is 9.84 Å². The van der Waals surface area contributed by atoms with Crippen molar-refractivity contribution in [2.24, 2.45) is 5.92 Å². The highest BCUT2D eigenvalue weighted by molar-refractivity contribution is 5.30. The summed E-state index contributed by atoms with van der Waals surface area (Å²) in [5.74, 6) is 1.57. The lowest BCUT2D eigenvalue weighted by Crippen LogP contribution is -2.18. The summed E-state index contributed by atoms with van der Waals surface area (Å²) >= 11 is 0. The maximum atomic E-state index is 9.04. The van der Waals surface area contributed by atoms with Gasteiger partial charge in [-0.2, -0.15) is 0 Å². The molecule has 0 saturated carbocycles. The van der Waals surface area contributed by atoms with Crippen molar-refractivity contribution in [2.45, 2.75) is 26.9 Å². The molecule has 0 aromatic heterocycles. The number of phenolic OH excluding ortho intramolecular Hbond substituents is 1. The Morgan fingerprint density at radius 3 is 2.08 bits per heavy atom. The number of phenols is 1. The minimum atomic E-state index is 0.199. The average Bonchev–Trinajstić information content (AvgIpc) is 2.08.